The van der Waals surface area contributed by atoms with E-state index in [1.807, 2.05) is 0 Å². The maximum atomic E-state index is 10.9. The zero-order valence-electron chi connectivity index (χ0n) is 12.3. The smallest absolute Gasteiger partial charge is 0.269 e. The van der Waals surface area contributed by atoms with Crippen LogP contribution < -0.4 is 4.74 Å². The summed E-state index contributed by atoms with van der Waals surface area (Å²) >= 11 is 0. The summed E-state index contributed by atoms with van der Waals surface area (Å²) in [5.41, 5.74) is 1.12. The van der Waals surface area contributed by atoms with Crippen molar-refractivity contribution >= 4 is 5.69 Å². The van der Waals surface area contributed by atoms with E-state index in [0.29, 0.717) is 12.0 Å². The lowest BCUT2D eigenvalue weighted by molar-refractivity contribution is -0.385. The number of non-ortho nitro benzene ring substituents is 1. The molecule has 1 aromatic rings. The molecule has 1 heterocycles. The molecule has 0 spiro atoms. The van der Waals surface area contributed by atoms with Gasteiger partial charge in [0.15, 0.2) is 0 Å². The van der Waals surface area contributed by atoms with Crippen LogP contribution in [0.5, 0.6) is 5.75 Å². The standard InChI is InChI=1S/C15H22N2O3/c1-11(2)16-8-6-12(7-9-16)14-10-13(17(18)19)4-5-15(14)20-3/h4-5,10-12H,6-9H2,1-3H3. The summed E-state index contributed by atoms with van der Waals surface area (Å²) in [6, 6.07) is 5.45. The van der Waals surface area contributed by atoms with Crippen LogP contribution in [-0.2, 0) is 0 Å². The molecule has 0 amide bonds. The van der Waals surface area contributed by atoms with Crippen molar-refractivity contribution in [1.29, 1.82) is 0 Å². The highest BCUT2D eigenvalue weighted by molar-refractivity contribution is 5.45. The summed E-state index contributed by atoms with van der Waals surface area (Å²) < 4.78 is 5.37. The maximum absolute atomic E-state index is 10.9. The minimum atomic E-state index is -0.341. The van der Waals surface area contributed by atoms with Crippen LogP contribution >= 0.6 is 0 Å². The molecule has 0 aliphatic carbocycles. The van der Waals surface area contributed by atoms with Gasteiger partial charge < -0.3 is 9.64 Å². The molecule has 0 unspecified atom stereocenters. The minimum Gasteiger partial charge on any atom is -0.496 e. The van der Waals surface area contributed by atoms with E-state index in [4.69, 9.17) is 4.74 Å². The first-order valence-electron chi connectivity index (χ1n) is 7.09. The van der Waals surface area contributed by atoms with Gasteiger partial charge in [-0.1, -0.05) is 0 Å². The van der Waals surface area contributed by atoms with E-state index in [1.165, 1.54) is 6.07 Å². The predicted molar refractivity (Wildman–Crippen MR) is 78.3 cm³/mol. The molecule has 1 aromatic carbocycles. The Balaban J connectivity index is 2.19. The molecule has 1 aliphatic heterocycles. The molecule has 5 heteroatoms. The molecule has 1 aliphatic rings. The van der Waals surface area contributed by atoms with Crippen LogP contribution in [-0.4, -0.2) is 36.1 Å². The summed E-state index contributed by atoms with van der Waals surface area (Å²) in [6.07, 6.45) is 2.05. The number of piperidine rings is 1. The molecule has 1 saturated heterocycles. The number of nitrogens with zero attached hydrogens (tertiary/aromatic N) is 2. The lowest BCUT2D eigenvalue weighted by Gasteiger charge is -2.35. The van der Waals surface area contributed by atoms with Gasteiger partial charge in [-0.05, 0) is 51.8 Å². The van der Waals surface area contributed by atoms with E-state index >= 15 is 0 Å². The third-order valence-electron chi connectivity index (χ3n) is 4.12. The minimum absolute atomic E-state index is 0.145. The third-order valence-corrected chi connectivity index (χ3v) is 4.12. The summed E-state index contributed by atoms with van der Waals surface area (Å²) in [7, 11) is 1.62. The molecular weight excluding hydrogens is 256 g/mol. The van der Waals surface area contributed by atoms with Crippen molar-refractivity contribution in [3.8, 4) is 5.75 Å². The number of methoxy groups -OCH3 is 1. The molecule has 0 atom stereocenters. The molecule has 5 nitrogen and oxygen atoms in total. The van der Waals surface area contributed by atoms with E-state index in [0.717, 1.165) is 37.2 Å². The topological polar surface area (TPSA) is 55.6 Å². The highest BCUT2D eigenvalue weighted by Gasteiger charge is 2.25. The molecule has 0 bridgehead atoms. The number of hydrogen-bond donors (Lipinski definition) is 0. The Hall–Kier alpha value is -1.62. The molecule has 110 valence electrons. The van der Waals surface area contributed by atoms with Gasteiger partial charge in [-0.25, -0.2) is 0 Å². The zero-order valence-corrected chi connectivity index (χ0v) is 12.3. The molecular formula is C15H22N2O3. The number of hydrogen-bond acceptors (Lipinski definition) is 4. The van der Waals surface area contributed by atoms with Crippen molar-refractivity contribution in [3.63, 3.8) is 0 Å². The van der Waals surface area contributed by atoms with Gasteiger partial charge in [0.1, 0.15) is 5.75 Å². The van der Waals surface area contributed by atoms with Gasteiger partial charge in [0.05, 0.1) is 12.0 Å². The van der Waals surface area contributed by atoms with Gasteiger partial charge in [-0.15, -0.1) is 0 Å². The number of rotatable bonds is 4. The van der Waals surface area contributed by atoms with E-state index in [9.17, 15) is 10.1 Å². The average molecular weight is 278 g/mol. The zero-order chi connectivity index (χ0) is 14.7. The lowest BCUT2D eigenvalue weighted by atomic mass is 9.88. The van der Waals surface area contributed by atoms with E-state index in [-0.39, 0.29) is 10.6 Å². The van der Waals surface area contributed by atoms with Crippen LogP contribution in [0.3, 0.4) is 0 Å². The number of benzene rings is 1. The summed E-state index contributed by atoms with van der Waals surface area (Å²) in [5.74, 6) is 1.11. The highest BCUT2D eigenvalue weighted by atomic mass is 16.6. The average Bonchev–Trinajstić information content (AvgIpc) is 2.46. The molecule has 0 N–H and O–H groups in total. The normalized spacial score (nSPS) is 17.4. The third kappa shape index (κ3) is 3.10. The van der Waals surface area contributed by atoms with Crippen molar-refractivity contribution in [2.75, 3.05) is 20.2 Å². The largest absolute Gasteiger partial charge is 0.496 e. The van der Waals surface area contributed by atoms with Gasteiger partial charge in [0, 0.05) is 23.7 Å². The van der Waals surface area contributed by atoms with Crippen molar-refractivity contribution < 1.29 is 9.66 Å². The predicted octanol–water partition coefficient (Wildman–Crippen LogP) is 3.19. The van der Waals surface area contributed by atoms with Gasteiger partial charge in [0.25, 0.3) is 5.69 Å². The van der Waals surface area contributed by atoms with Crippen LogP contribution in [0.1, 0.15) is 38.2 Å². The second-order valence-electron chi connectivity index (χ2n) is 5.59. The Morgan fingerprint density at radius 3 is 2.50 bits per heavy atom. The number of nitro groups is 1. The molecule has 0 saturated carbocycles. The van der Waals surface area contributed by atoms with Gasteiger partial charge in [-0.3, -0.25) is 10.1 Å². The Kier molecular flexibility index (Phi) is 4.60. The first-order valence-corrected chi connectivity index (χ1v) is 7.09. The van der Waals surface area contributed by atoms with Crippen LogP contribution in [0.25, 0.3) is 0 Å². The van der Waals surface area contributed by atoms with E-state index < -0.39 is 0 Å². The lowest BCUT2D eigenvalue weighted by Crippen LogP contribution is -2.37. The Morgan fingerprint density at radius 1 is 1.35 bits per heavy atom. The van der Waals surface area contributed by atoms with Crippen molar-refractivity contribution in [2.24, 2.45) is 0 Å². The summed E-state index contributed by atoms with van der Waals surface area (Å²) in [4.78, 5) is 13.0. The van der Waals surface area contributed by atoms with E-state index in [1.54, 1.807) is 19.2 Å². The van der Waals surface area contributed by atoms with Crippen molar-refractivity contribution in [1.82, 2.24) is 4.90 Å². The molecule has 0 aromatic heterocycles. The second kappa shape index (κ2) is 6.22. The van der Waals surface area contributed by atoms with Crippen LogP contribution in [0, 0.1) is 10.1 Å². The van der Waals surface area contributed by atoms with Crippen molar-refractivity contribution in [3.05, 3.63) is 33.9 Å². The summed E-state index contributed by atoms with van der Waals surface area (Å²) in [5, 5.41) is 10.9. The van der Waals surface area contributed by atoms with Gasteiger partial charge >= 0.3 is 0 Å². The fourth-order valence-electron chi connectivity index (χ4n) is 2.88. The first-order chi connectivity index (χ1) is 9.52. The maximum Gasteiger partial charge on any atom is 0.269 e. The van der Waals surface area contributed by atoms with Crippen molar-refractivity contribution in [2.45, 2.75) is 38.6 Å². The van der Waals surface area contributed by atoms with Crippen LogP contribution in [0.4, 0.5) is 5.69 Å². The Labute approximate surface area is 119 Å². The second-order valence-corrected chi connectivity index (χ2v) is 5.59. The molecule has 0 radical (unpaired) electrons. The van der Waals surface area contributed by atoms with E-state index in [2.05, 4.69) is 18.7 Å². The number of ether oxygens (including phenoxy) is 1. The number of nitro benzene ring substituents is 1. The number of likely N-dealkylation sites (tertiary alicyclic amines) is 1. The molecule has 2 rings (SSSR count). The first kappa shape index (κ1) is 14.8. The Morgan fingerprint density at radius 2 is 2.00 bits per heavy atom. The monoisotopic (exact) mass is 278 g/mol. The Bertz CT molecular complexity index is 480. The van der Waals surface area contributed by atoms with Gasteiger partial charge in [-0.2, -0.15) is 0 Å². The SMILES string of the molecule is COc1ccc([N+](=O)[O-])cc1C1CCN(C(C)C)CC1. The quantitative estimate of drug-likeness (QED) is 0.627. The highest BCUT2D eigenvalue weighted by Crippen LogP contribution is 2.36. The van der Waals surface area contributed by atoms with Crippen LogP contribution in [0.2, 0.25) is 0 Å². The summed E-state index contributed by atoms with van der Waals surface area (Å²) in [6.45, 7) is 6.48. The van der Waals surface area contributed by atoms with Gasteiger partial charge in [0.2, 0.25) is 0 Å². The van der Waals surface area contributed by atoms with Crippen LogP contribution in [0.15, 0.2) is 18.2 Å². The fraction of sp³-hybridized carbons (Fsp3) is 0.600. The molecule has 20 heavy (non-hydrogen) atoms. The molecule has 1 fully saturated rings. The fourth-order valence-corrected chi connectivity index (χ4v) is 2.88.